The average Bonchev–Trinajstić information content (AvgIpc) is 2.46. The second kappa shape index (κ2) is 5.97. The summed E-state index contributed by atoms with van der Waals surface area (Å²) in [7, 11) is 1.81. The summed E-state index contributed by atoms with van der Waals surface area (Å²) in [5.41, 5.74) is 1.71. The molecule has 2 rings (SSSR count). The van der Waals surface area contributed by atoms with E-state index in [4.69, 9.17) is 0 Å². The molecule has 1 amide bonds. The number of amides is 1. The van der Waals surface area contributed by atoms with Crippen molar-refractivity contribution in [1.82, 2.24) is 9.88 Å². The molecule has 0 saturated heterocycles. The summed E-state index contributed by atoms with van der Waals surface area (Å²) in [5.74, 6) is -0.0312. The van der Waals surface area contributed by atoms with Gasteiger partial charge in [-0.25, -0.2) is 4.98 Å². The summed E-state index contributed by atoms with van der Waals surface area (Å²) in [4.78, 5) is 18.1. The fraction of sp³-hybridized carbons (Fsp3) is 0.200. The first-order valence-electron chi connectivity index (χ1n) is 6.03. The van der Waals surface area contributed by atoms with E-state index < -0.39 is 0 Å². The van der Waals surface area contributed by atoms with Gasteiger partial charge in [0.25, 0.3) is 5.91 Å². The highest BCUT2D eigenvalue weighted by atomic mass is 79.9. The van der Waals surface area contributed by atoms with Gasteiger partial charge in [0.2, 0.25) is 0 Å². The quantitative estimate of drug-likeness (QED) is 0.809. The molecule has 0 saturated carbocycles. The molecule has 1 aromatic carbocycles. The number of benzene rings is 1. The fourth-order valence-electron chi connectivity index (χ4n) is 1.84. The molecule has 0 spiro atoms. The molecule has 19 heavy (non-hydrogen) atoms. The zero-order valence-corrected chi connectivity index (χ0v) is 12.5. The van der Waals surface area contributed by atoms with Crippen LogP contribution in [-0.2, 0) is 0 Å². The molecule has 0 aliphatic carbocycles. The lowest BCUT2D eigenvalue weighted by atomic mass is 10.1. The van der Waals surface area contributed by atoms with Crippen LogP contribution in [0.3, 0.4) is 0 Å². The van der Waals surface area contributed by atoms with Crippen LogP contribution in [0.25, 0.3) is 0 Å². The molecule has 0 N–H and O–H groups in total. The van der Waals surface area contributed by atoms with Gasteiger partial charge in [-0.1, -0.05) is 30.3 Å². The highest BCUT2D eigenvalue weighted by Crippen LogP contribution is 2.20. The molecule has 0 bridgehead atoms. The number of rotatable bonds is 3. The first kappa shape index (κ1) is 13.7. The van der Waals surface area contributed by atoms with Crippen molar-refractivity contribution in [2.75, 3.05) is 7.05 Å². The summed E-state index contributed by atoms with van der Waals surface area (Å²) in [5, 5.41) is 0. The van der Waals surface area contributed by atoms with Crippen molar-refractivity contribution >= 4 is 21.8 Å². The van der Waals surface area contributed by atoms with Gasteiger partial charge in [0, 0.05) is 13.2 Å². The minimum atomic E-state index is -0.0312. The Kier molecular flexibility index (Phi) is 4.32. The predicted octanol–water partition coefficient (Wildman–Crippen LogP) is 3.68. The number of hydrogen-bond donors (Lipinski definition) is 0. The molecule has 1 atom stereocenters. The number of carbonyl (C=O) groups is 1. The van der Waals surface area contributed by atoms with Crippen LogP contribution in [0.5, 0.6) is 0 Å². The Morgan fingerprint density at radius 2 is 1.89 bits per heavy atom. The van der Waals surface area contributed by atoms with E-state index in [1.165, 1.54) is 0 Å². The van der Waals surface area contributed by atoms with Crippen LogP contribution < -0.4 is 0 Å². The molecule has 2 aromatic rings. The molecular weight excluding hydrogens is 304 g/mol. The molecule has 0 fully saturated rings. The lowest BCUT2D eigenvalue weighted by Gasteiger charge is -2.25. The monoisotopic (exact) mass is 318 g/mol. The number of carbonyl (C=O) groups excluding carboxylic acids is 1. The molecule has 1 heterocycles. The predicted molar refractivity (Wildman–Crippen MR) is 78.9 cm³/mol. The van der Waals surface area contributed by atoms with Crippen molar-refractivity contribution in [3.8, 4) is 0 Å². The summed E-state index contributed by atoms with van der Waals surface area (Å²) >= 11 is 3.26. The summed E-state index contributed by atoms with van der Waals surface area (Å²) in [6, 6.07) is 13.5. The van der Waals surface area contributed by atoms with Crippen molar-refractivity contribution in [2.24, 2.45) is 0 Å². The van der Waals surface area contributed by atoms with E-state index in [2.05, 4.69) is 20.9 Å². The van der Waals surface area contributed by atoms with Gasteiger partial charge in [-0.2, -0.15) is 0 Å². The van der Waals surface area contributed by atoms with E-state index in [-0.39, 0.29) is 11.9 Å². The van der Waals surface area contributed by atoms with Gasteiger partial charge in [0.05, 0.1) is 11.6 Å². The van der Waals surface area contributed by atoms with Gasteiger partial charge in [0.15, 0.2) is 0 Å². The first-order valence-corrected chi connectivity index (χ1v) is 6.82. The number of pyridine rings is 1. The van der Waals surface area contributed by atoms with Gasteiger partial charge >= 0.3 is 0 Å². The third-order valence-electron chi connectivity index (χ3n) is 3.16. The minimum Gasteiger partial charge on any atom is -0.335 e. The Morgan fingerprint density at radius 3 is 2.47 bits per heavy atom. The molecule has 1 unspecified atom stereocenters. The third-order valence-corrected chi connectivity index (χ3v) is 3.63. The van der Waals surface area contributed by atoms with E-state index in [1.807, 2.05) is 44.3 Å². The van der Waals surface area contributed by atoms with Crippen molar-refractivity contribution in [3.05, 3.63) is 64.4 Å². The zero-order chi connectivity index (χ0) is 13.8. The Hall–Kier alpha value is -1.68. The molecule has 3 nitrogen and oxygen atoms in total. The van der Waals surface area contributed by atoms with Gasteiger partial charge in [-0.05, 0) is 40.5 Å². The maximum atomic E-state index is 12.3. The van der Waals surface area contributed by atoms with Gasteiger partial charge < -0.3 is 4.90 Å². The van der Waals surface area contributed by atoms with Crippen LogP contribution in [0.15, 0.2) is 53.3 Å². The second-order valence-electron chi connectivity index (χ2n) is 4.37. The Bertz CT molecular complexity index is 554. The van der Waals surface area contributed by atoms with Crippen LogP contribution in [0.2, 0.25) is 0 Å². The van der Waals surface area contributed by atoms with Crippen LogP contribution in [0.4, 0.5) is 0 Å². The molecular formula is C15H15BrN2O. The highest BCUT2D eigenvalue weighted by Gasteiger charge is 2.18. The van der Waals surface area contributed by atoms with Crippen molar-refractivity contribution in [3.63, 3.8) is 0 Å². The van der Waals surface area contributed by atoms with Gasteiger partial charge in [0.1, 0.15) is 4.60 Å². The standard InChI is InChI=1S/C15H15BrN2O/c1-11(12-6-4-3-5-7-12)18(2)15(19)13-8-9-14(16)17-10-13/h3-11H,1-2H3. The lowest BCUT2D eigenvalue weighted by molar-refractivity contribution is 0.0742. The normalized spacial score (nSPS) is 11.9. The van der Waals surface area contributed by atoms with Crippen LogP contribution in [0, 0.1) is 0 Å². The van der Waals surface area contributed by atoms with Crippen LogP contribution in [0.1, 0.15) is 28.9 Å². The number of nitrogens with zero attached hydrogens (tertiary/aromatic N) is 2. The second-order valence-corrected chi connectivity index (χ2v) is 5.18. The topological polar surface area (TPSA) is 33.2 Å². The zero-order valence-electron chi connectivity index (χ0n) is 10.9. The summed E-state index contributed by atoms with van der Waals surface area (Å²) < 4.78 is 0.725. The average molecular weight is 319 g/mol. The van der Waals surface area contributed by atoms with Crippen LogP contribution in [-0.4, -0.2) is 22.8 Å². The van der Waals surface area contributed by atoms with Gasteiger partial charge in [-0.3, -0.25) is 4.79 Å². The minimum absolute atomic E-state index is 0.0253. The fourth-order valence-corrected chi connectivity index (χ4v) is 2.07. The SMILES string of the molecule is CC(c1ccccc1)N(C)C(=O)c1ccc(Br)nc1. The number of hydrogen-bond acceptors (Lipinski definition) is 2. The summed E-state index contributed by atoms with van der Waals surface area (Å²) in [6.45, 7) is 2.01. The highest BCUT2D eigenvalue weighted by molar-refractivity contribution is 9.10. The smallest absolute Gasteiger partial charge is 0.255 e. The third kappa shape index (κ3) is 3.20. The Labute approximate surface area is 121 Å². The molecule has 4 heteroatoms. The van der Waals surface area contributed by atoms with E-state index in [1.54, 1.807) is 23.2 Å². The van der Waals surface area contributed by atoms with E-state index in [0.29, 0.717) is 5.56 Å². The van der Waals surface area contributed by atoms with Crippen molar-refractivity contribution < 1.29 is 4.79 Å². The summed E-state index contributed by atoms with van der Waals surface area (Å²) in [6.07, 6.45) is 1.58. The van der Waals surface area contributed by atoms with Crippen LogP contribution >= 0.6 is 15.9 Å². The number of aromatic nitrogens is 1. The molecule has 0 aliphatic heterocycles. The number of halogens is 1. The van der Waals surface area contributed by atoms with E-state index >= 15 is 0 Å². The van der Waals surface area contributed by atoms with E-state index in [9.17, 15) is 4.79 Å². The molecule has 0 radical (unpaired) electrons. The van der Waals surface area contributed by atoms with E-state index in [0.717, 1.165) is 10.2 Å². The maximum Gasteiger partial charge on any atom is 0.255 e. The molecule has 1 aromatic heterocycles. The Morgan fingerprint density at radius 1 is 1.21 bits per heavy atom. The lowest BCUT2D eigenvalue weighted by Crippen LogP contribution is -2.29. The van der Waals surface area contributed by atoms with Crippen molar-refractivity contribution in [1.29, 1.82) is 0 Å². The molecule has 0 aliphatic rings. The van der Waals surface area contributed by atoms with Gasteiger partial charge in [-0.15, -0.1) is 0 Å². The first-order chi connectivity index (χ1) is 9.09. The largest absolute Gasteiger partial charge is 0.335 e. The Balaban J connectivity index is 2.17. The molecule has 98 valence electrons. The maximum absolute atomic E-state index is 12.3. The van der Waals surface area contributed by atoms with Crippen molar-refractivity contribution in [2.45, 2.75) is 13.0 Å².